The van der Waals surface area contributed by atoms with Crippen LogP contribution in [0.4, 0.5) is 0 Å². The Balaban J connectivity index is 2.27. The molecular formula is C16H12O5. The van der Waals surface area contributed by atoms with Gasteiger partial charge in [-0.15, -0.1) is 0 Å². The van der Waals surface area contributed by atoms with Crippen molar-refractivity contribution in [2.45, 2.75) is 0 Å². The highest BCUT2D eigenvalue weighted by atomic mass is 16.5. The predicted molar refractivity (Wildman–Crippen MR) is 74.8 cm³/mol. The van der Waals surface area contributed by atoms with Crippen LogP contribution in [0.2, 0.25) is 0 Å². The van der Waals surface area contributed by atoms with Crippen molar-refractivity contribution in [2.75, 3.05) is 7.11 Å². The molecule has 0 saturated carbocycles. The van der Waals surface area contributed by atoms with Crippen molar-refractivity contribution in [3.05, 3.63) is 59.7 Å². The van der Waals surface area contributed by atoms with Crippen LogP contribution >= 0.6 is 0 Å². The van der Waals surface area contributed by atoms with Crippen molar-refractivity contribution in [1.29, 1.82) is 0 Å². The number of esters is 1. The largest absolute Gasteiger partial charge is 0.497 e. The lowest BCUT2D eigenvalue weighted by molar-refractivity contribution is -0.104. The Morgan fingerprint density at radius 3 is 2.52 bits per heavy atom. The fourth-order valence-electron chi connectivity index (χ4n) is 1.73. The molecule has 5 heteroatoms. The number of aldehydes is 1. The molecule has 0 radical (unpaired) electrons. The number of carbonyl (C=O) groups excluding carboxylic acids is 3. The van der Waals surface area contributed by atoms with Crippen molar-refractivity contribution in [2.24, 2.45) is 0 Å². The van der Waals surface area contributed by atoms with Crippen molar-refractivity contribution < 1.29 is 23.9 Å². The fourth-order valence-corrected chi connectivity index (χ4v) is 1.73. The van der Waals surface area contributed by atoms with Gasteiger partial charge in [-0.2, -0.15) is 0 Å². The average Bonchev–Trinajstić information content (AvgIpc) is 2.54. The number of methoxy groups -OCH3 is 1. The number of hydrogen-bond acceptors (Lipinski definition) is 5. The van der Waals surface area contributed by atoms with Crippen LogP contribution in [0.15, 0.2) is 48.5 Å². The van der Waals surface area contributed by atoms with Gasteiger partial charge in [0.15, 0.2) is 6.29 Å². The smallest absolute Gasteiger partial charge is 0.343 e. The maximum Gasteiger partial charge on any atom is 0.343 e. The van der Waals surface area contributed by atoms with E-state index in [9.17, 15) is 14.4 Å². The number of para-hydroxylation sites is 1. The summed E-state index contributed by atoms with van der Waals surface area (Å²) in [5, 5.41) is 0. The molecular weight excluding hydrogens is 272 g/mol. The van der Waals surface area contributed by atoms with Gasteiger partial charge in [0, 0.05) is 0 Å². The van der Waals surface area contributed by atoms with Gasteiger partial charge in [0.1, 0.15) is 11.5 Å². The molecule has 0 fully saturated rings. The van der Waals surface area contributed by atoms with E-state index >= 15 is 0 Å². The lowest BCUT2D eigenvalue weighted by Gasteiger charge is -2.08. The van der Waals surface area contributed by atoms with Gasteiger partial charge in [-0.3, -0.25) is 9.59 Å². The molecule has 0 aliphatic heterocycles. The summed E-state index contributed by atoms with van der Waals surface area (Å²) >= 11 is 0. The number of carbonyl (C=O) groups is 3. The summed E-state index contributed by atoms with van der Waals surface area (Å²) in [7, 11) is 1.49. The molecule has 0 aliphatic rings. The first kappa shape index (κ1) is 14.5. The van der Waals surface area contributed by atoms with Crippen LogP contribution < -0.4 is 9.47 Å². The van der Waals surface area contributed by atoms with Gasteiger partial charge in [0.05, 0.1) is 18.2 Å². The third-order valence-corrected chi connectivity index (χ3v) is 2.77. The molecule has 0 spiro atoms. The van der Waals surface area contributed by atoms with E-state index in [0.717, 1.165) is 0 Å². The molecule has 0 N–H and O–H groups in total. The molecule has 0 bridgehead atoms. The van der Waals surface area contributed by atoms with Gasteiger partial charge < -0.3 is 9.47 Å². The summed E-state index contributed by atoms with van der Waals surface area (Å²) in [4.78, 5) is 34.1. The van der Waals surface area contributed by atoms with E-state index in [1.807, 2.05) is 0 Å². The molecule has 0 aromatic heterocycles. The topological polar surface area (TPSA) is 69.7 Å². The Bertz CT molecular complexity index is 691. The first-order valence-electron chi connectivity index (χ1n) is 6.10. The summed E-state index contributed by atoms with van der Waals surface area (Å²) in [6, 6.07) is 12.5. The number of hydrogen-bond donors (Lipinski definition) is 0. The van der Waals surface area contributed by atoms with Gasteiger partial charge in [-0.1, -0.05) is 18.2 Å². The summed E-state index contributed by atoms with van der Waals surface area (Å²) in [6.45, 7) is 0. The van der Waals surface area contributed by atoms with E-state index in [-0.39, 0.29) is 23.2 Å². The predicted octanol–water partition coefficient (Wildman–Crippen LogP) is 2.30. The third kappa shape index (κ3) is 3.33. The molecule has 2 rings (SSSR count). The van der Waals surface area contributed by atoms with Crippen LogP contribution in [0.3, 0.4) is 0 Å². The molecule has 0 aliphatic carbocycles. The maximum atomic E-state index is 12.1. The Morgan fingerprint density at radius 1 is 1.05 bits per heavy atom. The van der Waals surface area contributed by atoms with Crippen molar-refractivity contribution in [3.8, 4) is 11.5 Å². The van der Waals surface area contributed by atoms with E-state index in [0.29, 0.717) is 5.75 Å². The normalized spacial score (nSPS) is 9.76. The van der Waals surface area contributed by atoms with Gasteiger partial charge in [-0.05, 0) is 30.3 Å². The zero-order valence-electron chi connectivity index (χ0n) is 11.2. The number of rotatable bonds is 5. The average molecular weight is 284 g/mol. The summed E-state index contributed by atoms with van der Waals surface area (Å²) in [5.74, 6) is -0.826. The highest BCUT2D eigenvalue weighted by Gasteiger charge is 2.15. The first-order chi connectivity index (χ1) is 10.2. The second kappa shape index (κ2) is 6.47. The van der Waals surface area contributed by atoms with E-state index in [2.05, 4.69) is 0 Å². The van der Waals surface area contributed by atoms with Crippen molar-refractivity contribution in [3.63, 3.8) is 0 Å². The minimum Gasteiger partial charge on any atom is -0.497 e. The van der Waals surface area contributed by atoms with Crippen LogP contribution in [0.5, 0.6) is 11.5 Å². The monoisotopic (exact) mass is 284 g/mol. The molecule has 0 unspecified atom stereocenters. The Kier molecular flexibility index (Phi) is 4.46. The first-order valence-corrected chi connectivity index (χ1v) is 6.10. The zero-order valence-corrected chi connectivity index (χ0v) is 11.2. The van der Waals surface area contributed by atoms with Crippen LogP contribution in [-0.4, -0.2) is 25.1 Å². The quantitative estimate of drug-likeness (QED) is 0.277. The molecule has 106 valence electrons. The van der Waals surface area contributed by atoms with Gasteiger partial charge in [0.2, 0.25) is 5.78 Å². The zero-order chi connectivity index (χ0) is 15.2. The van der Waals surface area contributed by atoms with Crippen molar-refractivity contribution in [1.82, 2.24) is 0 Å². The lowest BCUT2D eigenvalue weighted by Crippen LogP contribution is -2.12. The summed E-state index contributed by atoms with van der Waals surface area (Å²) < 4.78 is 10.2. The minimum absolute atomic E-state index is 0.0439. The van der Waals surface area contributed by atoms with Gasteiger partial charge in [0.25, 0.3) is 0 Å². The highest BCUT2D eigenvalue weighted by molar-refractivity contribution is 6.34. The molecule has 2 aromatic carbocycles. The summed E-state index contributed by atoms with van der Waals surface area (Å²) in [5.41, 5.74) is 0.325. The van der Waals surface area contributed by atoms with Crippen LogP contribution in [0, 0.1) is 0 Å². The number of ketones is 1. The molecule has 0 atom stereocenters. The second-order valence-electron chi connectivity index (χ2n) is 4.10. The molecule has 0 amide bonds. The SMILES string of the molecule is COc1cccc(C(=O)Oc2ccccc2C(=O)C=O)c1. The van der Waals surface area contributed by atoms with Crippen molar-refractivity contribution >= 4 is 18.0 Å². The Morgan fingerprint density at radius 2 is 1.81 bits per heavy atom. The Hall–Kier alpha value is -2.95. The maximum absolute atomic E-state index is 12.1. The number of benzene rings is 2. The highest BCUT2D eigenvalue weighted by Crippen LogP contribution is 2.20. The van der Waals surface area contributed by atoms with Crippen LogP contribution in [0.1, 0.15) is 20.7 Å². The lowest BCUT2D eigenvalue weighted by atomic mass is 10.1. The van der Waals surface area contributed by atoms with E-state index < -0.39 is 11.8 Å². The standard InChI is InChI=1S/C16H12O5/c1-20-12-6-4-5-11(9-12)16(19)21-15-8-3-2-7-13(15)14(18)10-17/h2-10H,1H3. The van der Waals surface area contributed by atoms with E-state index in [1.165, 1.54) is 25.3 Å². The van der Waals surface area contributed by atoms with E-state index in [4.69, 9.17) is 9.47 Å². The molecule has 0 heterocycles. The fraction of sp³-hybridized carbons (Fsp3) is 0.0625. The molecule has 21 heavy (non-hydrogen) atoms. The number of ether oxygens (including phenoxy) is 2. The molecule has 0 saturated heterocycles. The van der Waals surface area contributed by atoms with Gasteiger partial charge in [-0.25, -0.2) is 4.79 Å². The molecule has 2 aromatic rings. The minimum atomic E-state index is -0.746. The van der Waals surface area contributed by atoms with Gasteiger partial charge >= 0.3 is 5.97 Å². The molecule has 5 nitrogen and oxygen atoms in total. The van der Waals surface area contributed by atoms with E-state index in [1.54, 1.807) is 30.3 Å². The number of Topliss-reactive ketones (excluding diaryl/α,β-unsaturated/α-hetero) is 1. The second-order valence-corrected chi connectivity index (χ2v) is 4.10. The summed E-state index contributed by atoms with van der Waals surface area (Å²) in [6.07, 6.45) is 0.179. The third-order valence-electron chi connectivity index (χ3n) is 2.77. The Labute approximate surface area is 121 Å². The van der Waals surface area contributed by atoms with Crippen LogP contribution in [0.25, 0.3) is 0 Å². The van der Waals surface area contributed by atoms with Crippen LogP contribution in [-0.2, 0) is 4.79 Å².